The minimum Gasteiger partial charge on any atom is -0.480 e. The normalized spacial score (nSPS) is 12.1. The maximum atomic E-state index is 11.1. The number of carbonyl (C=O) groups excluding carboxylic acids is 1. The van der Waals surface area contributed by atoms with E-state index in [2.05, 4.69) is 5.32 Å². The van der Waals surface area contributed by atoms with Crippen molar-refractivity contribution in [1.29, 1.82) is 0 Å². The summed E-state index contributed by atoms with van der Waals surface area (Å²) in [5.74, 6) is -0.906. The molecule has 1 unspecified atom stereocenters. The van der Waals surface area contributed by atoms with Gasteiger partial charge >= 0.3 is 5.97 Å². The fraction of sp³-hybridized carbons (Fsp3) is 0.750. The number of amides is 1. The van der Waals surface area contributed by atoms with Crippen LogP contribution in [0.3, 0.4) is 0 Å². The minimum atomic E-state index is -0.903. The van der Waals surface area contributed by atoms with Gasteiger partial charge in [-0.15, -0.1) is 11.8 Å². The van der Waals surface area contributed by atoms with E-state index in [1.165, 1.54) is 0 Å². The van der Waals surface area contributed by atoms with Gasteiger partial charge in [0.2, 0.25) is 5.91 Å². The predicted octanol–water partition coefficient (Wildman–Crippen LogP) is -0.0447. The number of methoxy groups -OCH3 is 1. The molecule has 0 aliphatic rings. The third-order valence-corrected chi connectivity index (χ3v) is 2.57. The Morgan fingerprint density at radius 3 is 2.71 bits per heavy atom. The summed E-state index contributed by atoms with van der Waals surface area (Å²) in [5.41, 5.74) is 0. The molecule has 0 aromatic heterocycles. The van der Waals surface area contributed by atoms with Gasteiger partial charge in [-0.05, 0) is 6.92 Å². The lowest BCUT2D eigenvalue weighted by Gasteiger charge is -2.06. The highest BCUT2D eigenvalue weighted by Gasteiger charge is 2.12. The average molecular weight is 221 g/mol. The number of thioether (sulfide) groups is 1. The Hall–Kier alpha value is -0.750. The zero-order valence-electron chi connectivity index (χ0n) is 8.28. The molecule has 0 spiro atoms. The second-order valence-corrected chi connectivity index (χ2v) is 3.96. The lowest BCUT2D eigenvalue weighted by Crippen LogP contribution is -2.29. The molecule has 0 heterocycles. The van der Waals surface area contributed by atoms with Crippen molar-refractivity contribution in [3.63, 3.8) is 0 Å². The number of aliphatic carboxylic acids is 1. The molecule has 0 fully saturated rings. The Morgan fingerprint density at radius 1 is 1.57 bits per heavy atom. The lowest BCUT2D eigenvalue weighted by molar-refractivity contribution is -0.136. The highest BCUT2D eigenvalue weighted by Crippen LogP contribution is 2.09. The summed E-state index contributed by atoms with van der Waals surface area (Å²) in [6.45, 7) is 2.47. The van der Waals surface area contributed by atoms with Gasteiger partial charge in [0.05, 0.1) is 17.6 Å². The first kappa shape index (κ1) is 13.2. The number of rotatable bonds is 7. The van der Waals surface area contributed by atoms with Crippen molar-refractivity contribution in [2.75, 3.05) is 26.0 Å². The van der Waals surface area contributed by atoms with E-state index in [1.807, 2.05) is 0 Å². The van der Waals surface area contributed by atoms with Gasteiger partial charge in [0.1, 0.15) is 0 Å². The second-order valence-electron chi connectivity index (χ2n) is 2.63. The first-order valence-corrected chi connectivity index (χ1v) is 5.23. The van der Waals surface area contributed by atoms with E-state index in [0.29, 0.717) is 13.2 Å². The van der Waals surface area contributed by atoms with Gasteiger partial charge < -0.3 is 15.2 Å². The van der Waals surface area contributed by atoms with Crippen molar-refractivity contribution in [2.45, 2.75) is 12.2 Å². The van der Waals surface area contributed by atoms with Crippen LogP contribution in [0.25, 0.3) is 0 Å². The Labute approximate surface area is 87.2 Å². The van der Waals surface area contributed by atoms with Crippen molar-refractivity contribution in [3.05, 3.63) is 0 Å². The highest BCUT2D eigenvalue weighted by molar-refractivity contribution is 8.01. The van der Waals surface area contributed by atoms with Gasteiger partial charge in [-0.3, -0.25) is 9.59 Å². The van der Waals surface area contributed by atoms with Crippen molar-refractivity contribution < 1.29 is 19.4 Å². The molecule has 0 rings (SSSR count). The van der Waals surface area contributed by atoms with Crippen LogP contribution in [0.2, 0.25) is 0 Å². The Morgan fingerprint density at radius 2 is 2.21 bits per heavy atom. The van der Waals surface area contributed by atoms with Crippen LogP contribution in [-0.4, -0.2) is 48.2 Å². The molecule has 1 amide bonds. The molecule has 5 nitrogen and oxygen atoms in total. The maximum absolute atomic E-state index is 11.1. The van der Waals surface area contributed by atoms with E-state index in [0.717, 1.165) is 11.8 Å². The molecule has 0 aliphatic carbocycles. The maximum Gasteiger partial charge on any atom is 0.316 e. The molecular weight excluding hydrogens is 206 g/mol. The number of carbonyl (C=O) groups is 2. The molecule has 2 N–H and O–H groups in total. The predicted molar refractivity (Wildman–Crippen MR) is 54.4 cm³/mol. The highest BCUT2D eigenvalue weighted by atomic mass is 32.2. The van der Waals surface area contributed by atoms with Crippen molar-refractivity contribution >= 4 is 23.6 Å². The topological polar surface area (TPSA) is 75.6 Å². The molecule has 14 heavy (non-hydrogen) atoms. The van der Waals surface area contributed by atoms with Crippen LogP contribution < -0.4 is 5.32 Å². The quantitative estimate of drug-likeness (QED) is 0.590. The molecule has 0 saturated heterocycles. The molecule has 82 valence electrons. The van der Waals surface area contributed by atoms with E-state index in [9.17, 15) is 9.59 Å². The molecule has 0 aromatic rings. The van der Waals surface area contributed by atoms with Gasteiger partial charge in [0.25, 0.3) is 0 Å². The van der Waals surface area contributed by atoms with E-state index >= 15 is 0 Å². The van der Waals surface area contributed by atoms with Gasteiger partial charge in [-0.2, -0.15) is 0 Å². The molecule has 0 bridgehead atoms. The van der Waals surface area contributed by atoms with E-state index in [-0.39, 0.29) is 11.7 Å². The summed E-state index contributed by atoms with van der Waals surface area (Å²) in [5, 5.41) is 10.6. The van der Waals surface area contributed by atoms with Crippen LogP contribution in [0.1, 0.15) is 6.92 Å². The van der Waals surface area contributed by atoms with Gasteiger partial charge in [0, 0.05) is 13.7 Å². The van der Waals surface area contributed by atoms with Gasteiger partial charge in [0.15, 0.2) is 0 Å². The van der Waals surface area contributed by atoms with Crippen molar-refractivity contribution in [1.82, 2.24) is 5.32 Å². The monoisotopic (exact) mass is 221 g/mol. The third-order valence-electron chi connectivity index (χ3n) is 1.44. The Balaban J connectivity index is 3.48. The van der Waals surface area contributed by atoms with Crippen LogP contribution in [0.15, 0.2) is 0 Å². The zero-order valence-corrected chi connectivity index (χ0v) is 9.10. The molecule has 6 heteroatoms. The number of carboxylic acid groups (broad SMARTS) is 1. The molecular formula is C8H15NO4S. The first-order chi connectivity index (χ1) is 6.57. The standard InChI is InChI=1S/C8H15NO4S/c1-6(8(11)12)14-5-7(10)9-3-4-13-2/h6H,3-5H2,1-2H3,(H,9,10)(H,11,12). The first-order valence-electron chi connectivity index (χ1n) is 4.18. The molecule has 0 aliphatic heterocycles. The summed E-state index contributed by atoms with van der Waals surface area (Å²) >= 11 is 1.10. The van der Waals surface area contributed by atoms with E-state index in [4.69, 9.17) is 9.84 Å². The van der Waals surface area contributed by atoms with Gasteiger partial charge in [-0.1, -0.05) is 0 Å². The fourth-order valence-electron chi connectivity index (χ4n) is 0.616. The summed E-state index contributed by atoms with van der Waals surface area (Å²) in [6, 6.07) is 0. The number of hydrogen-bond acceptors (Lipinski definition) is 4. The summed E-state index contributed by atoms with van der Waals surface area (Å²) < 4.78 is 4.74. The van der Waals surface area contributed by atoms with Crippen molar-refractivity contribution in [2.24, 2.45) is 0 Å². The molecule has 1 atom stereocenters. The molecule has 0 saturated carbocycles. The SMILES string of the molecule is COCCNC(=O)CSC(C)C(=O)O. The largest absolute Gasteiger partial charge is 0.480 e. The smallest absolute Gasteiger partial charge is 0.316 e. The lowest BCUT2D eigenvalue weighted by atomic mass is 10.5. The molecule has 0 radical (unpaired) electrons. The summed E-state index contributed by atoms with van der Waals surface area (Å²) in [6.07, 6.45) is 0. The summed E-state index contributed by atoms with van der Waals surface area (Å²) in [4.78, 5) is 21.5. The second kappa shape index (κ2) is 7.64. The molecule has 0 aromatic carbocycles. The van der Waals surface area contributed by atoms with Crippen LogP contribution in [0.5, 0.6) is 0 Å². The zero-order chi connectivity index (χ0) is 11.0. The number of carboxylic acids is 1. The van der Waals surface area contributed by atoms with E-state index in [1.54, 1.807) is 14.0 Å². The van der Waals surface area contributed by atoms with E-state index < -0.39 is 11.2 Å². The Kier molecular flexibility index (Phi) is 7.23. The van der Waals surface area contributed by atoms with Crippen LogP contribution >= 0.6 is 11.8 Å². The van der Waals surface area contributed by atoms with Crippen LogP contribution in [0, 0.1) is 0 Å². The van der Waals surface area contributed by atoms with Crippen LogP contribution in [0.4, 0.5) is 0 Å². The Bertz CT molecular complexity index is 198. The summed E-state index contributed by atoms with van der Waals surface area (Å²) in [7, 11) is 1.55. The third kappa shape index (κ3) is 6.73. The average Bonchev–Trinajstić information content (AvgIpc) is 2.14. The number of nitrogens with one attached hydrogen (secondary N) is 1. The van der Waals surface area contributed by atoms with Crippen molar-refractivity contribution in [3.8, 4) is 0 Å². The minimum absolute atomic E-state index is 0.164. The fourth-order valence-corrected chi connectivity index (χ4v) is 1.26. The number of ether oxygens (including phenoxy) is 1. The number of hydrogen-bond donors (Lipinski definition) is 2. The van der Waals surface area contributed by atoms with Crippen LogP contribution in [-0.2, 0) is 14.3 Å². The van der Waals surface area contributed by atoms with Gasteiger partial charge in [-0.25, -0.2) is 0 Å².